The van der Waals surface area contributed by atoms with Gasteiger partial charge in [0.2, 0.25) is 11.8 Å². The molecule has 8 nitrogen and oxygen atoms in total. The van der Waals surface area contributed by atoms with Gasteiger partial charge in [-0.15, -0.1) is 0 Å². The number of rotatable bonds is 26. The molecule has 0 spiro atoms. The van der Waals surface area contributed by atoms with Gasteiger partial charge < -0.3 is 27.8 Å². The van der Waals surface area contributed by atoms with Crippen LogP contribution in [-0.2, 0) is 9.59 Å². The molecule has 0 saturated heterocycles. The van der Waals surface area contributed by atoms with Gasteiger partial charge in [0.1, 0.15) is 6.04 Å². The van der Waals surface area contributed by atoms with Gasteiger partial charge in [-0.05, 0) is 39.0 Å². The molecule has 2 amide bonds. The molecule has 8 heteroatoms. The van der Waals surface area contributed by atoms with Crippen LogP contribution in [0.25, 0.3) is 0 Å². The molecule has 228 valence electrons. The molecule has 0 aromatic rings. The highest BCUT2D eigenvalue weighted by molar-refractivity contribution is 5.80. The summed E-state index contributed by atoms with van der Waals surface area (Å²) in [5.41, 5.74) is 18.6. The highest BCUT2D eigenvalue weighted by atomic mass is 16.2. The van der Waals surface area contributed by atoms with E-state index < -0.39 is 6.04 Å². The first-order valence-electron chi connectivity index (χ1n) is 15.9. The molecule has 0 aromatic carbocycles. The molecule has 2 atom stereocenters. The van der Waals surface area contributed by atoms with E-state index in [1.54, 1.807) is 0 Å². The van der Waals surface area contributed by atoms with Crippen LogP contribution >= 0.6 is 0 Å². The minimum absolute atomic E-state index is 0.0410. The van der Waals surface area contributed by atoms with E-state index in [9.17, 15) is 9.59 Å². The predicted octanol–water partition coefficient (Wildman–Crippen LogP) is 5.93. The van der Waals surface area contributed by atoms with Crippen LogP contribution in [0.4, 0.5) is 0 Å². The van der Waals surface area contributed by atoms with Crippen LogP contribution in [0, 0.1) is 0 Å². The quantitative estimate of drug-likeness (QED) is 0.0514. The summed E-state index contributed by atoms with van der Waals surface area (Å²) in [6.45, 7) is 8.88. The van der Waals surface area contributed by atoms with Crippen molar-refractivity contribution in [1.82, 2.24) is 10.6 Å². The van der Waals surface area contributed by atoms with Gasteiger partial charge in [-0.1, -0.05) is 110 Å². The number of nitrogens with one attached hydrogen (secondary N) is 2. The van der Waals surface area contributed by atoms with E-state index in [4.69, 9.17) is 17.2 Å². The SMILES string of the molecule is CCCCCCCCCCCCCCCC(=O)N[C@@H](CCCN=C(N)N)C(NC(CCC)C(N)=O)=C(C)CC. The maximum Gasteiger partial charge on any atom is 0.239 e. The number of carbonyl (C=O) groups excluding carboxylic acids is 2. The van der Waals surface area contributed by atoms with Crippen molar-refractivity contribution in [2.24, 2.45) is 22.2 Å². The van der Waals surface area contributed by atoms with Gasteiger partial charge in [-0.25, -0.2) is 0 Å². The number of nitrogens with two attached hydrogens (primary N) is 3. The number of aliphatic imine (C=N–C) groups is 1. The number of primary amides is 1. The van der Waals surface area contributed by atoms with Crippen molar-refractivity contribution >= 4 is 17.8 Å². The van der Waals surface area contributed by atoms with Crippen LogP contribution < -0.4 is 27.8 Å². The van der Waals surface area contributed by atoms with Gasteiger partial charge in [0.05, 0.1) is 6.04 Å². The predicted molar refractivity (Wildman–Crippen MR) is 166 cm³/mol. The van der Waals surface area contributed by atoms with Crippen molar-refractivity contribution in [2.45, 2.75) is 162 Å². The van der Waals surface area contributed by atoms with E-state index in [2.05, 4.69) is 29.5 Å². The average Bonchev–Trinajstić information content (AvgIpc) is 2.90. The molecule has 0 aliphatic heterocycles. The second kappa shape index (κ2) is 24.8. The lowest BCUT2D eigenvalue weighted by Gasteiger charge is -2.28. The van der Waals surface area contributed by atoms with Gasteiger partial charge >= 0.3 is 0 Å². The number of amides is 2. The number of nitrogens with zero attached hydrogens (tertiary/aromatic N) is 1. The maximum absolute atomic E-state index is 12.9. The number of unbranched alkanes of at least 4 members (excludes halogenated alkanes) is 12. The minimum atomic E-state index is -0.468. The molecule has 0 aromatic heterocycles. The summed E-state index contributed by atoms with van der Waals surface area (Å²) in [7, 11) is 0. The minimum Gasteiger partial charge on any atom is -0.375 e. The Balaban J connectivity index is 4.73. The molecule has 0 fully saturated rings. The molecule has 0 aliphatic carbocycles. The summed E-state index contributed by atoms with van der Waals surface area (Å²) in [4.78, 5) is 29.1. The monoisotopic (exact) mass is 550 g/mol. The van der Waals surface area contributed by atoms with Crippen molar-refractivity contribution in [3.05, 3.63) is 11.3 Å². The zero-order valence-corrected chi connectivity index (χ0v) is 25.8. The van der Waals surface area contributed by atoms with Crippen LogP contribution in [0.15, 0.2) is 16.3 Å². The zero-order chi connectivity index (χ0) is 29.3. The number of carbonyl (C=O) groups is 2. The van der Waals surface area contributed by atoms with E-state index >= 15 is 0 Å². The van der Waals surface area contributed by atoms with E-state index in [1.807, 2.05) is 13.8 Å². The lowest BCUT2D eigenvalue weighted by Crippen LogP contribution is -2.47. The number of hydrogen-bond donors (Lipinski definition) is 5. The number of allylic oxidation sites excluding steroid dienone is 1. The smallest absolute Gasteiger partial charge is 0.239 e. The lowest BCUT2D eigenvalue weighted by atomic mass is 9.99. The Morgan fingerprint density at radius 3 is 1.67 bits per heavy atom. The molecular weight excluding hydrogens is 488 g/mol. The molecular formula is C31H62N6O2. The van der Waals surface area contributed by atoms with Crippen molar-refractivity contribution < 1.29 is 9.59 Å². The van der Waals surface area contributed by atoms with Crippen molar-refractivity contribution in [3.8, 4) is 0 Å². The summed E-state index contributed by atoms with van der Waals surface area (Å²) in [6, 6.07) is -0.711. The first-order valence-corrected chi connectivity index (χ1v) is 15.9. The Kier molecular flexibility index (Phi) is 23.3. The second-order valence-corrected chi connectivity index (χ2v) is 11.0. The number of guanidine groups is 1. The van der Waals surface area contributed by atoms with Crippen LogP contribution in [0.3, 0.4) is 0 Å². The van der Waals surface area contributed by atoms with Gasteiger partial charge in [-0.2, -0.15) is 0 Å². The molecule has 0 radical (unpaired) electrons. The van der Waals surface area contributed by atoms with Crippen molar-refractivity contribution in [1.29, 1.82) is 0 Å². The van der Waals surface area contributed by atoms with Gasteiger partial charge in [-0.3, -0.25) is 14.6 Å². The summed E-state index contributed by atoms with van der Waals surface area (Å²) in [6.07, 6.45) is 20.8. The van der Waals surface area contributed by atoms with Gasteiger partial charge in [0, 0.05) is 18.7 Å². The largest absolute Gasteiger partial charge is 0.375 e. The average molecular weight is 551 g/mol. The third-order valence-electron chi connectivity index (χ3n) is 7.38. The molecule has 39 heavy (non-hydrogen) atoms. The molecule has 0 heterocycles. The van der Waals surface area contributed by atoms with E-state index in [0.717, 1.165) is 37.0 Å². The third-order valence-corrected chi connectivity index (χ3v) is 7.38. The zero-order valence-electron chi connectivity index (χ0n) is 25.8. The van der Waals surface area contributed by atoms with Crippen LogP contribution in [0.2, 0.25) is 0 Å². The van der Waals surface area contributed by atoms with Gasteiger partial charge in [0.25, 0.3) is 0 Å². The van der Waals surface area contributed by atoms with Crippen LogP contribution in [0.1, 0.15) is 150 Å². The highest BCUT2D eigenvalue weighted by Gasteiger charge is 2.23. The van der Waals surface area contributed by atoms with Gasteiger partial charge in [0.15, 0.2) is 5.96 Å². The second-order valence-electron chi connectivity index (χ2n) is 11.0. The summed E-state index contributed by atoms with van der Waals surface area (Å²) >= 11 is 0. The Hall–Kier alpha value is -2.25. The fraction of sp³-hybridized carbons (Fsp3) is 0.839. The fourth-order valence-electron chi connectivity index (χ4n) is 4.84. The van der Waals surface area contributed by atoms with Crippen LogP contribution in [0.5, 0.6) is 0 Å². The highest BCUT2D eigenvalue weighted by Crippen LogP contribution is 2.17. The molecule has 0 aliphatic rings. The summed E-state index contributed by atoms with van der Waals surface area (Å²) < 4.78 is 0. The topological polar surface area (TPSA) is 149 Å². The molecule has 0 rings (SSSR count). The van der Waals surface area contributed by atoms with Crippen molar-refractivity contribution in [2.75, 3.05) is 6.54 Å². The Labute approximate surface area is 239 Å². The molecule has 0 saturated carbocycles. The normalized spacial score (nSPS) is 13.3. The Morgan fingerprint density at radius 1 is 0.667 bits per heavy atom. The lowest BCUT2D eigenvalue weighted by molar-refractivity contribution is -0.121. The van der Waals surface area contributed by atoms with Crippen molar-refractivity contribution in [3.63, 3.8) is 0 Å². The Morgan fingerprint density at radius 2 is 1.21 bits per heavy atom. The van der Waals surface area contributed by atoms with E-state index in [-0.39, 0.29) is 23.8 Å². The standard InChI is InChI=1S/C31H62N6O2/c1-5-8-9-10-11-12-13-14-15-16-17-18-19-23-28(38)36-26(22-20-24-35-31(33)34)29(25(4)7-3)37-27(21-6-2)30(32)39/h26-27,37H,5-24H2,1-4H3,(H2,32,39)(H,36,38)(H4,33,34,35)/t26-,27?/m0/s1. The maximum atomic E-state index is 12.9. The van der Waals surface area contributed by atoms with Crippen LogP contribution in [-0.4, -0.2) is 36.4 Å². The number of hydrogen-bond acceptors (Lipinski definition) is 4. The molecule has 0 bridgehead atoms. The van der Waals surface area contributed by atoms with E-state index in [1.165, 1.54) is 70.6 Å². The summed E-state index contributed by atoms with van der Waals surface area (Å²) in [5.74, 6) is -0.275. The fourth-order valence-corrected chi connectivity index (χ4v) is 4.84. The first kappa shape index (κ1) is 36.8. The third kappa shape index (κ3) is 20.3. The first-order chi connectivity index (χ1) is 18.8. The molecule has 8 N–H and O–H groups in total. The van der Waals surface area contributed by atoms with E-state index in [0.29, 0.717) is 32.2 Å². The Bertz CT molecular complexity index is 703. The summed E-state index contributed by atoms with van der Waals surface area (Å²) in [5, 5.41) is 6.61. The molecule has 1 unspecified atom stereocenters.